The zero-order chi connectivity index (χ0) is 23.5. The lowest BCUT2D eigenvalue weighted by molar-refractivity contribution is -0.115. The van der Waals surface area contributed by atoms with Crippen LogP contribution in [0.2, 0.25) is 0 Å². The minimum Gasteiger partial charge on any atom is -0.494 e. The monoisotopic (exact) mass is 633 g/mol. The van der Waals surface area contributed by atoms with E-state index in [2.05, 4.69) is 63.6 Å². The first kappa shape index (κ1) is 26.6. The maximum atomic E-state index is 12.5. The van der Waals surface area contributed by atoms with Gasteiger partial charge in [-0.15, -0.1) is 0 Å². The maximum absolute atomic E-state index is 12.5. The Kier molecular flexibility index (Phi) is 11.5. The molecule has 7 nitrogen and oxygen atoms in total. The third-order valence-corrected chi connectivity index (χ3v) is 6.34. The first-order valence-electron chi connectivity index (χ1n) is 9.96. The van der Waals surface area contributed by atoms with Gasteiger partial charge in [0.2, 0.25) is 0 Å². The number of rotatable bonds is 12. The number of carbonyl (C=O) groups is 1. The van der Waals surface area contributed by atoms with Crippen LogP contribution >= 0.6 is 47.8 Å². The Bertz CT molecular complexity index is 931. The van der Waals surface area contributed by atoms with Gasteiger partial charge in [-0.05, 0) is 110 Å². The van der Waals surface area contributed by atoms with Crippen LogP contribution in [0, 0.1) is 0 Å². The van der Waals surface area contributed by atoms with Crippen LogP contribution in [0.3, 0.4) is 0 Å². The number of hydrogen-bond donors (Lipinski definition) is 3. The number of ether oxygens (including phenoxy) is 2. The van der Waals surface area contributed by atoms with Gasteiger partial charge in [0.25, 0.3) is 5.91 Å². The molecule has 2 aromatic carbocycles. The van der Waals surface area contributed by atoms with Gasteiger partial charge in [0.05, 0.1) is 27.1 Å². The predicted octanol–water partition coefficient (Wildman–Crippen LogP) is 4.70. The highest BCUT2D eigenvalue weighted by Crippen LogP contribution is 2.34. The molecule has 0 unspecified atom stereocenters. The van der Waals surface area contributed by atoms with Gasteiger partial charge in [-0.25, -0.2) is 0 Å². The van der Waals surface area contributed by atoms with Crippen molar-refractivity contribution >= 4 is 59.4 Å². The Labute approximate surface area is 213 Å². The molecule has 174 valence electrons. The summed E-state index contributed by atoms with van der Waals surface area (Å²) in [6, 6.07) is 9.51. The van der Waals surface area contributed by atoms with Crippen LogP contribution in [0.25, 0.3) is 0 Å². The van der Waals surface area contributed by atoms with Crippen molar-refractivity contribution in [2.75, 3.05) is 33.9 Å². The number of halogens is 3. The molecule has 10 heteroatoms. The molecule has 2 rings (SSSR count). The Morgan fingerprint density at radius 2 is 1.75 bits per heavy atom. The molecule has 3 N–H and O–H groups in total. The number of hydrogen-bond acceptors (Lipinski definition) is 6. The smallest absolute Gasteiger partial charge is 0.269 e. The average molecular weight is 636 g/mol. The lowest BCUT2D eigenvalue weighted by atomic mass is 10.1. The fraction of sp³-hybridized carbons (Fsp3) is 0.364. The van der Waals surface area contributed by atoms with E-state index in [1.54, 1.807) is 7.11 Å². The van der Waals surface area contributed by atoms with E-state index in [0.29, 0.717) is 25.3 Å². The van der Waals surface area contributed by atoms with E-state index in [1.165, 1.54) is 0 Å². The topological polar surface area (TPSA) is 92.2 Å². The molecule has 0 radical (unpaired) electrons. The molecule has 0 saturated heterocycles. The summed E-state index contributed by atoms with van der Waals surface area (Å²) in [4.78, 5) is 12.5. The Hall–Kier alpha value is -1.62. The van der Waals surface area contributed by atoms with Crippen molar-refractivity contribution in [2.24, 2.45) is 5.16 Å². The molecule has 0 fully saturated rings. The highest BCUT2D eigenvalue weighted by Gasteiger charge is 2.15. The Morgan fingerprint density at radius 1 is 1.06 bits per heavy atom. The molecular weight excluding hydrogens is 610 g/mol. The van der Waals surface area contributed by atoms with Gasteiger partial charge in [-0.1, -0.05) is 11.2 Å². The molecule has 0 atom stereocenters. The van der Waals surface area contributed by atoms with Gasteiger partial charge in [-0.3, -0.25) is 4.79 Å². The summed E-state index contributed by atoms with van der Waals surface area (Å²) in [7, 11) is 3.49. The molecule has 0 aliphatic rings. The van der Waals surface area contributed by atoms with Gasteiger partial charge >= 0.3 is 0 Å². The number of nitrogens with zero attached hydrogens (tertiary/aromatic N) is 1. The van der Waals surface area contributed by atoms with Crippen LogP contribution in [0.4, 0.5) is 0 Å². The van der Waals surface area contributed by atoms with Crippen molar-refractivity contribution in [2.45, 2.75) is 19.3 Å². The molecule has 0 saturated carbocycles. The zero-order valence-corrected chi connectivity index (χ0v) is 22.6. The summed E-state index contributed by atoms with van der Waals surface area (Å²) >= 11 is 10.4. The third kappa shape index (κ3) is 8.06. The number of methoxy groups -OCH3 is 1. The number of benzene rings is 2. The maximum Gasteiger partial charge on any atom is 0.269 e. The molecule has 0 aliphatic carbocycles. The average Bonchev–Trinajstić information content (AvgIpc) is 2.76. The van der Waals surface area contributed by atoms with Crippen molar-refractivity contribution in [1.29, 1.82) is 0 Å². The lowest BCUT2D eigenvalue weighted by Crippen LogP contribution is -2.33. The largest absolute Gasteiger partial charge is 0.494 e. The molecule has 0 aromatic heterocycles. The molecule has 0 heterocycles. The van der Waals surface area contributed by atoms with Crippen molar-refractivity contribution in [1.82, 2.24) is 10.6 Å². The summed E-state index contributed by atoms with van der Waals surface area (Å²) in [6.07, 6.45) is 1.73. The number of oxime groups is 1. The molecule has 32 heavy (non-hydrogen) atoms. The standard InChI is InChI=1S/C22H26Br3N3O4/c1-26-7-3-9-32-20-5-4-14(10-16(20)23)6-8-27-22(29)19(28-30)13-15-11-17(24)21(31-2)18(25)12-15/h4-5,10-12,26,30H,3,6-9,13H2,1-2H3,(H,27,29)/b28-19-. The van der Waals surface area contributed by atoms with Crippen LogP contribution in [0.15, 0.2) is 48.9 Å². The summed E-state index contributed by atoms with van der Waals surface area (Å²) in [5.41, 5.74) is 1.87. The van der Waals surface area contributed by atoms with Crippen LogP contribution in [0.1, 0.15) is 17.5 Å². The van der Waals surface area contributed by atoms with Gasteiger partial charge < -0.3 is 25.3 Å². The molecule has 1 amide bonds. The van der Waals surface area contributed by atoms with Gasteiger partial charge in [0.1, 0.15) is 17.2 Å². The number of carbonyl (C=O) groups excluding carboxylic acids is 1. The molecule has 0 spiro atoms. The van der Waals surface area contributed by atoms with E-state index in [-0.39, 0.29) is 12.1 Å². The van der Waals surface area contributed by atoms with E-state index in [1.807, 2.05) is 37.4 Å². The summed E-state index contributed by atoms with van der Waals surface area (Å²) in [6.45, 7) is 1.95. The normalized spacial score (nSPS) is 11.3. The Morgan fingerprint density at radius 3 is 2.34 bits per heavy atom. The van der Waals surface area contributed by atoms with E-state index in [4.69, 9.17) is 9.47 Å². The summed E-state index contributed by atoms with van der Waals surface area (Å²) < 4.78 is 13.4. The highest BCUT2D eigenvalue weighted by molar-refractivity contribution is 9.11. The quantitative estimate of drug-likeness (QED) is 0.136. The Balaban J connectivity index is 1.88. The number of nitrogens with one attached hydrogen (secondary N) is 2. The van der Waals surface area contributed by atoms with Crippen LogP contribution in [0.5, 0.6) is 11.5 Å². The molecule has 2 aromatic rings. The van der Waals surface area contributed by atoms with Gasteiger partial charge in [0, 0.05) is 13.0 Å². The molecule has 0 bridgehead atoms. The van der Waals surface area contributed by atoms with E-state index in [9.17, 15) is 10.0 Å². The van der Waals surface area contributed by atoms with Crippen molar-refractivity contribution in [3.8, 4) is 11.5 Å². The molecular formula is C22H26Br3N3O4. The fourth-order valence-corrected chi connectivity index (χ4v) is 5.08. The van der Waals surface area contributed by atoms with E-state index in [0.717, 1.165) is 43.3 Å². The second-order valence-corrected chi connectivity index (χ2v) is 9.46. The van der Waals surface area contributed by atoms with Crippen molar-refractivity contribution in [3.05, 3.63) is 54.9 Å². The van der Waals surface area contributed by atoms with E-state index >= 15 is 0 Å². The van der Waals surface area contributed by atoms with Crippen LogP contribution in [-0.4, -0.2) is 50.7 Å². The third-order valence-electron chi connectivity index (χ3n) is 4.54. The first-order chi connectivity index (χ1) is 15.4. The van der Waals surface area contributed by atoms with Crippen molar-refractivity contribution in [3.63, 3.8) is 0 Å². The van der Waals surface area contributed by atoms with Gasteiger partial charge in [0.15, 0.2) is 0 Å². The van der Waals surface area contributed by atoms with Crippen molar-refractivity contribution < 1.29 is 19.5 Å². The zero-order valence-electron chi connectivity index (χ0n) is 17.9. The summed E-state index contributed by atoms with van der Waals surface area (Å²) in [5, 5.41) is 18.4. The predicted molar refractivity (Wildman–Crippen MR) is 136 cm³/mol. The second-order valence-electron chi connectivity index (χ2n) is 6.89. The lowest BCUT2D eigenvalue weighted by Gasteiger charge is -2.11. The minimum atomic E-state index is -0.417. The summed E-state index contributed by atoms with van der Waals surface area (Å²) in [5.74, 6) is 1.03. The first-order valence-corrected chi connectivity index (χ1v) is 12.3. The highest BCUT2D eigenvalue weighted by atomic mass is 79.9. The van der Waals surface area contributed by atoms with Gasteiger partial charge in [-0.2, -0.15) is 0 Å². The fourth-order valence-electron chi connectivity index (χ4n) is 2.93. The minimum absolute atomic E-state index is 0.0282. The second kappa shape index (κ2) is 13.8. The SMILES string of the molecule is CNCCCOc1ccc(CCNC(=O)/C(Cc2cc(Br)c(OC)c(Br)c2)=N\O)cc1Br. The number of amides is 1. The molecule has 0 aliphatic heterocycles. The van der Waals surface area contributed by atoms with Crippen LogP contribution in [-0.2, 0) is 17.6 Å². The van der Waals surface area contributed by atoms with E-state index < -0.39 is 5.91 Å². The van der Waals surface area contributed by atoms with Crippen LogP contribution < -0.4 is 20.1 Å².